The number of anilines is 1. The summed E-state index contributed by atoms with van der Waals surface area (Å²) in [7, 11) is 0. The monoisotopic (exact) mass is 268 g/mol. The molecule has 0 radical (unpaired) electrons. The van der Waals surface area contributed by atoms with E-state index in [2.05, 4.69) is 23.2 Å². The molecule has 1 aromatic rings. The van der Waals surface area contributed by atoms with Gasteiger partial charge in [0.05, 0.1) is 10.7 Å². The fraction of sp³-hybridized carbons (Fsp3) is 0.571. The lowest BCUT2D eigenvalue weighted by atomic mass is 10.1. The van der Waals surface area contributed by atoms with Gasteiger partial charge in [0.25, 0.3) is 0 Å². The summed E-state index contributed by atoms with van der Waals surface area (Å²) in [5, 5.41) is 13.5. The first-order valence-electron chi connectivity index (χ1n) is 6.55. The van der Waals surface area contributed by atoms with Crippen molar-refractivity contribution in [3.63, 3.8) is 0 Å². The maximum Gasteiger partial charge on any atom is 0.0639 e. The van der Waals surface area contributed by atoms with E-state index >= 15 is 0 Å². The van der Waals surface area contributed by atoms with Crippen molar-refractivity contribution in [2.45, 2.75) is 19.4 Å². The Morgan fingerprint density at radius 2 is 2.17 bits per heavy atom. The molecule has 4 heteroatoms. The minimum Gasteiger partial charge on any atom is -0.396 e. The van der Waals surface area contributed by atoms with Crippen LogP contribution < -0.4 is 10.2 Å². The first kappa shape index (κ1) is 13.7. The summed E-state index contributed by atoms with van der Waals surface area (Å²) in [5.74, 6) is 0.574. The molecule has 0 saturated carbocycles. The van der Waals surface area contributed by atoms with Gasteiger partial charge in [0.1, 0.15) is 0 Å². The quantitative estimate of drug-likeness (QED) is 0.882. The molecule has 1 aliphatic heterocycles. The van der Waals surface area contributed by atoms with Gasteiger partial charge in [-0.25, -0.2) is 0 Å². The van der Waals surface area contributed by atoms with E-state index in [1.807, 2.05) is 18.2 Å². The highest BCUT2D eigenvalue weighted by Gasteiger charge is 2.24. The highest BCUT2D eigenvalue weighted by atomic mass is 35.5. The van der Waals surface area contributed by atoms with Crippen LogP contribution in [0.4, 0.5) is 5.69 Å². The largest absolute Gasteiger partial charge is 0.396 e. The van der Waals surface area contributed by atoms with Crippen LogP contribution in [0, 0.1) is 5.92 Å². The molecule has 0 bridgehead atoms. The Labute approximate surface area is 114 Å². The summed E-state index contributed by atoms with van der Waals surface area (Å²) in [6.07, 6.45) is 0.769. The SMILES string of the molecule is CC1CNCC(CCO)N(c2ccccc2Cl)C1. The predicted molar refractivity (Wildman–Crippen MR) is 76.3 cm³/mol. The van der Waals surface area contributed by atoms with Crippen molar-refractivity contribution in [3.05, 3.63) is 29.3 Å². The normalized spacial score (nSPS) is 24.9. The van der Waals surface area contributed by atoms with Crippen molar-refractivity contribution in [2.24, 2.45) is 5.92 Å². The molecule has 1 heterocycles. The molecule has 0 spiro atoms. The zero-order chi connectivity index (χ0) is 13.0. The van der Waals surface area contributed by atoms with Crippen LogP contribution in [0.5, 0.6) is 0 Å². The third kappa shape index (κ3) is 3.16. The lowest BCUT2D eigenvalue weighted by molar-refractivity contribution is 0.272. The second-order valence-corrected chi connectivity index (χ2v) is 5.44. The topological polar surface area (TPSA) is 35.5 Å². The molecule has 2 atom stereocenters. The van der Waals surface area contributed by atoms with E-state index in [1.165, 1.54) is 0 Å². The number of rotatable bonds is 3. The molecule has 0 aromatic heterocycles. The number of aliphatic hydroxyl groups is 1. The molecule has 1 aromatic carbocycles. The maximum atomic E-state index is 9.22. The van der Waals surface area contributed by atoms with Gasteiger partial charge in [-0.3, -0.25) is 0 Å². The van der Waals surface area contributed by atoms with Gasteiger partial charge in [-0.05, 0) is 31.0 Å². The molecule has 1 fully saturated rings. The van der Waals surface area contributed by atoms with E-state index < -0.39 is 0 Å². The van der Waals surface area contributed by atoms with Crippen molar-refractivity contribution in [3.8, 4) is 0 Å². The third-order valence-electron chi connectivity index (χ3n) is 3.45. The van der Waals surface area contributed by atoms with E-state index in [4.69, 9.17) is 11.6 Å². The molecular formula is C14H21ClN2O. The second-order valence-electron chi connectivity index (χ2n) is 5.03. The van der Waals surface area contributed by atoms with Gasteiger partial charge >= 0.3 is 0 Å². The van der Waals surface area contributed by atoms with Gasteiger partial charge in [-0.2, -0.15) is 0 Å². The Bertz CT molecular complexity index is 386. The second kappa shape index (κ2) is 6.41. The van der Waals surface area contributed by atoms with Crippen molar-refractivity contribution in [1.82, 2.24) is 5.32 Å². The van der Waals surface area contributed by atoms with Crippen LogP contribution in [0.2, 0.25) is 5.02 Å². The average molecular weight is 269 g/mol. The molecule has 0 amide bonds. The number of hydrogen-bond acceptors (Lipinski definition) is 3. The molecule has 100 valence electrons. The van der Waals surface area contributed by atoms with E-state index in [0.717, 1.165) is 36.8 Å². The average Bonchev–Trinajstić information content (AvgIpc) is 2.53. The first-order valence-corrected chi connectivity index (χ1v) is 6.93. The lowest BCUT2D eigenvalue weighted by Gasteiger charge is -2.33. The third-order valence-corrected chi connectivity index (χ3v) is 3.77. The van der Waals surface area contributed by atoms with E-state index in [0.29, 0.717) is 12.0 Å². The Kier molecular flexibility index (Phi) is 4.87. The summed E-state index contributed by atoms with van der Waals surface area (Å²) in [6.45, 7) is 5.33. The Morgan fingerprint density at radius 3 is 2.89 bits per heavy atom. The minimum atomic E-state index is 0.210. The van der Waals surface area contributed by atoms with Crippen molar-refractivity contribution < 1.29 is 5.11 Å². The predicted octanol–water partition coefficient (Wildman–Crippen LogP) is 2.14. The van der Waals surface area contributed by atoms with Crippen LogP contribution in [-0.4, -0.2) is 37.4 Å². The summed E-state index contributed by atoms with van der Waals surface area (Å²) < 4.78 is 0. The van der Waals surface area contributed by atoms with Crippen LogP contribution in [0.3, 0.4) is 0 Å². The van der Waals surface area contributed by atoms with Crippen molar-refractivity contribution in [2.75, 3.05) is 31.1 Å². The van der Waals surface area contributed by atoms with Crippen LogP contribution in [0.15, 0.2) is 24.3 Å². The van der Waals surface area contributed by atoms with Gasteiger partial charge in [0, 0.05) is 25.7 Å². The van der Waals surface area contributed by atoms with Crippen LogP contribution >= 0.6 is 11.6 Å². The van der Waals surface area contributed by atoms with Crippen LogP contribution in [0.25, 0.3) is 0 Å². The number of aliphatic hydroxyl groups excluding tert-OH is 1. The fourth-order valence-corrected chi connectivity index (χ4v) is 2.79. The number of nitrogens with zero attached hydrogens (tertiary/aromatic N) is 1. The molecule has 2 N–H and O–H groups in total. The Morgan fingerprint density at radius 1 is 1.39 bits per heavy atom. The van der Waals surface area contributed by atoms with Gasteiger partial charge in [-0.1, -0.05) is 30.7 Å². The van der Waals surface area contributed by atoms with Gasteiger partial charge < -0.3 is 15.3 Å². The summed E-state index contributed by atoms with van der Waals surface area (Å²) in [5.41, 5.74) is 1.08. The Hall–Kier alpha value is -0.770. The standard InChI is InChI=1S/C14H21ClN2O/c1-11-8-16-9-12(6-7-18)17(10-11)14-5-3-2-4-13(14)15/h2-5,11-12,16,18H,6-10H2,1H3. The minimum absolute atomic E-state index is 0.210. The number of hydrogen-bond donors (Lipinski definition) is 2. The smallest absolute Gasteiger partial charge is 0.0639 e. The van der Waals surface area contributed by atoms with Gasteiger partial charge in [-0.15, -0.1) is 0 Å². The molecule has 0 aliphatic carbocycles. The molecule has 18 heavy (non-hydrogen) atoms. The molecular weight excluding hydrogens is 248 g/mol. The van der Waals surface area contributed by atoms with E-state index in [-0.39, 0.29) is 6.61 Å². The summed E-state index contributed by atoms with van der Waals surface area (Å²) in [4.78, 5) is 2.34. The Balaban J connectivity index is 2.26. The number of halogens is 1. The van der Waals surface area contributed by atoms with E-state index in [1.54, 1.807) is 0 Å². The molecule has 3 nitrogen and oxygen atoms in total. The summed E-state index contributed by atoms with van der Waals surface area (Å²) in [6, 6.07) is 8.26. The summed E-state index contributed by atoms with van der Waals surface area (Å²) >= 11 is 6.30. The maximum absolute atomic E-state index is 9.22. The lowest BCUT2D eigenvalue weighted by Crippen LogP contribution is -2.41. The van der Waals surface area contributed by atoms with Gasteiger partial charge in [0.2, 0.25) is 0 Å². The highest BCUT2D eigenvalue weighted by Crippen LogP contribution is 2.29. The fourth-order valence-electron chi connectivity index (χ4n) is 2.54. The zero-order valence-corrected chi connectivity index (χ0v) is 11.5. The number of para-hydroxylation sites is 1. The molecule has 2 rings (SSSR count). The van der Waals surface area contributed by atoms with Gasteiger partial charge in [0.15, 0.2) is 0 Å². The highest BCUT2D eigenvalue weighted by molar-refractivity contribution is 6.33. The molecule has 2 unspecified atom stereocenters. The van der Waals surface area contributed by atoms with Crippen molar-refractivity contribution in [1.29, 1.82) is 0 Å². The number of benzene rings is 1. The molecule has 1 saturated heterocycles. The van der Waals surface area contributed by atoms with Crippen LogP contribution in [-0.2, 0) is 0 Å². The molecule has 1 aliphatic rings. The van der Waals surface area contributed by atoms with E-state index in [9.17, 15) is 5.11 Å². The van der Waals surface area contributed by atoms with Crippen molar-refractivity contribution >= 4 is 17.3 Å². The first-order chi connectivity index (χ1) is 8.72. The van der Waals surface area contributed by atoms with Crippen LogP contribution in [0.1, 0.15) is 13.3 Å². The zero-order valence-electron chi connectivity index (χ0n) is 10.8. The number of nitrogens with one attached hydrogen (secondary N) is 1.